The topological polar surface area (TPSA) is 24.4 Å². The Morgan fingerprint density at radius 1 is 1.17 bits per heavy atom. The van der Waals surface area contributed by atoms with Crippen molar-refractivity contribution in [3.05, 3.63) is 64.7 Å². The number of benzodiazepines with no additional fused rings is 1. The highest BCUT2D eigenvalue weighted by Crippen LogP contribution is 2.28. The quantitative estimate of drug-likeness (QED) is 0.761. The van der Waals surface area contributed by atoms with Crippen LogP contribution in [-0.2, 0) is 0 Å². The number of aliphatic imine (C=N–C) groups is 1. The molecule has 2 aromatic rings. The van der Waals surface area contributed by atoms with Crippen LogP contribution >= 0.6 is 23.8 Å². The van der Waals surface area contributed by atoms with E-state index in [2.05, 4.69) is 31.3 Å². The Hall–Kier alpha value is -1.71. The highest BCUT2D eigenvalue weighted by Gasteiger charge is 2.24. The van der Waals surface area contributed by atoms with Gasteiger partial charge in [-0.3, -0.25) is 4.99 Å². The van der Waals surface area contributed by atoms with Crippen LogP contribution in [0.15, 0.2) is 53.5 Å². The zero-order valence-corrected chi connectivity index (χ0v) is 14.8. The molecule has 2 aromatic carbocycles. The number of hydrogen-bond acceptors (Lipinski definition) is 2. The van der Waals surface area contributed by atoms with E-state index in [0.717, 1.165) is 33.9 Å². The van der Waals surface area contributed by atoms with Crippen molar-refractivity contribution >= 4 is 40.2 Å². The Labute approximate surface area is 147 Å². The van der Waals surface area contributed by atoms with Gasteiger partial charge in [-0.05, 0) is 30.5 Å². The normalized spacial score (nSPS) is 17.3. The first-order valence-corrected chi connectivity index (χ1v) is 8.57. The van der Waals surface area contributed by atoms with Crippen LogP contribution in [0.25, 0.3) is 0 Å². The van der Waals surface area contributed by atoms with Crippen molar-refractivity contribution in [3.63, 3.8) is 0 Å². The molecular formula is C19H19ClN2S. The second-order valence-electron chi connectivity index (χ2n) is 6.17. The molecule has 1 N–H and O–H groups in total. The molecule has 1 heterocycles. The summed E-state index contributed by atoms with van der Waals surface area (Å²) in [5.41, 5.74) is 3.99. The van der Waals surface area contributed by atoms with Gasteiger partial charge >= 0.3 is 0 Å². The van der Waals surface area contributed by atoms with Gasteiger partial charge in [-0.15, -0.1) is 0 Å². The summed E-state index contributed by atoms with van der Waals surface area (Å²) in [4.78, 5) is 5.78. The van der Waals surface area contributed by atoms with Crippen LogP contribution in [0.4, 0.5) is 5.69 Å². The van der Waals surface area contributed by atoms with Crippen LogP contribution in [0.5, 0.6) is 0 Å². The van der Waals surface area contributed by atoms with Crippen molar-refractivity contribution in [1.82, 2.24) is 0 Å². The second-order valence-corrected chi connectivity index (χ2v) is 7.04. The molecule has 0 spiro atoms. The minimum Gasteiger partial charge on any atom is -0.348 e. The van der Waals surface area contributed by atoms with Crippen molar-refractivity contribution in [2.24, 2.45) is 10.9 Å². The van der Waals surface area contributed by atoms with Gasteiger partial charge in [0.05, 0.1) is 5.71 Å². The number of fused-ring (bicyclic) bond motifs is 1. The second kappa shape index (κ2) is 6.81. The summed E-state index contributed by atoms with van der Waals surface area (Å²) >= 11 is 11.8. The summed E-state index contributed by atoms with van der Waals surface area (Å²) in [5, 5.41) is 4.06. The lowest BCUT2D eigenvalue weighted by atomic mass is 10.00. The maximum Gasteiger partial charge on any atom is 0.105 e. The summed E-state index contributed by atoms with van der Waals surface area (Å²) in [7, 11) is 0. The molecule has 2 nitrogen and oxygen atoms in total. The highest BCUT2D eigenvalue weighted by atomic mass is 35.5. The third kappa shape index (κ3) is 3.62. The van der Waals surface area contributed by atoms with Crippen LogP contribution in [0.1, 0.15) is 31.4 Å². The van der Waals surface area contributed by atoms with Crippen molar-refractivity contribution in [2.75, 3.05) is 5.32 Å². The summed E-state index contributed by atoms with van der Waals surface area (Å²) in [5.74, 6) is 0.519. The van der Waals surface area contributed by atoms with E-state index >= 15 is 0 Å². The lowest BCUT2D eigenvalue weighted by Gasteiger charge is -2.15. The number of halogens is 1. The van der Waals surface area contributed by atoms with Gasteiger partial charge in [0.25, 0.3) is 0 Å². The predicted molar refractivity (Wildman–Crippen MR) is 103 cm³/mol. The number of nitrogens with zero attached hydrogens (tertiary/aromatic N) is 1. The first-order chi connectivity index (χ1) is 11.0. The number of nitrogens with one attached hydrogen (secondary N) is 1. The van der Waals surface area contributed by atoms with E-state index in [4.69, 9.17) is 28.8 Å². The molecule has 1 atom stereocenters. The van der Waals surface area contributed by atoms with Gasteiger partial charge in [0.2, 0.25) is 0 Å². The van der Waals surface area contributed by atoms with Crippen molar-refractivity contribution in [2.45, 2.75) is 26.3 Å². The first kappa shape index (κ1) is 16.2. The Bertz CT molecular complexity index is 753. The van der Waals surface area contributed by atoms with Crippen molar-refractivity contribution in [3.8, 4) is 0 Å². The minimum atomic E-state index is -0.0219. The SMILES string of the molecule is CC(C)C[C@@H]1N=C(c2ccccc2)c2cc(Cl)ccc2NC1=S. The number of hydrogen-bond donors (Lipinski definition) is 1. The molecule has 0 aliphatic carbocycles. The number of benzene rings is 2. The Morgan fingerprint density at radius 3 is 2.61 bits per heavy atom. The maximum absolute atomic E-state index is 6.22. The molecule has 0 amide bonds. The molecule has 0 aromatic heterocycles. The Balaban J connectivity index is 2.16. The first-order valence-electron chi connectivity index (χ1n) is 7.78. The third-order valence-corrected chi connectivity index (χ3v) is 4.43. The van der Waals surface area contributed by atoms with E-state index in [1.54, 1.807) is 0 Å². The molecule has 0 saturated carbocycles. The van der Waals surface area contributed by atoms with E-state index < -0.39 is 0 Å². The van der Waals surface area contributed by atoms with Crippen molar-refractivity contribution < 1.29 is 0 Å². The molecule has 23 heavy (non-hydrogen) atoms. The third-order valence-electron chi connectivity index (χ3n) is 3.82. The van der Waals surface area contributed by atoms with Crippen LogP contribution in [0.2, 0.25) is 5.02 Å². The summed E-state index contributed by atoms with van der Waals surface area (Å²) in [6.45, 7) is 4.38. The minimum absolute atomic E-state index is 0.0219. The zero-order valence-electron chi connectivity index (χ0n) is 13.2. The molecule has 1 aliphatic rings. The van der Waals surface area contributed by atoms with Crippen molar-refractivity contribution in [1.29, 1.82) is 0 Å². The summed E-state index contributed by atoms with van der Waals surface area (Å²) < 4.78 is 0. The molecule has 0 bridgehead atoms. The van der Waals surface area contributed by atoms with E-state index in [1.165, 1.54) is 0 Å². The van der Waals surface area contributed by atoms with Gasteiger partial charge in [0, 0.05) is 21.8 Å². The monoisotopic (exact) mass is 342 g/mol. The fraction of sp³-hybridized carbons (Fsp3) is 0.263. The average molecular weight is 343 g/mol. The van der Waals surface area contributed by atoms with Gasteiger partial charge in [-0.2, -0.15) is 0 Å². The van der Waals surface area contributed by atoms with Gasteiger partial charge in [0.15, 0.2) is 0 Å². The number of anilines is 1. The standard InChI is InChI=1S/C19H19ClN2S/c1-12(2)10-17-19(23)22-16-9-8-14(20)11-15(16)18(21-17)13-6-4-3-5-7-13/h3-9,11-12,17H,10H2,1-2H3,(H,22,23)/t17-/m0/s1. The molecule has 4 heteroatoms. The molecule has 1 aliphatic heterocycles. The fourth-order valence-electron chi connectivity index (χ4n) is 2.75. The lowest BCUT2D eigenvalue weighted by Crippen LogP contribution is -2.25. The Kier molecular flexibility index (Phi) is 4.79. The van der Waals surface area contributed by atoms with Crippen LogP contribution in [0, 0.1) is 5.92 Å². The van der Waals surface area contributed by atoms with E-state index in [1.807, 2.05) is 36.4 Å². The van der Waals surface area contributed by atoms with Gasteiger partial charge in [-0.1, -0.05) is 68.0 Å². The zero-order chi connectivity index (χ0) is 16.4. The smallest absolute Gasteiger partial charge is 0.105 e. The predicted octanol–water partition coefficient (Wildman–Crippen LogP) is 5.35. The molecule has 3 rings (SSSR count). The number of thiocarbonyl (C=S) groups is 1. The molecule has 0 radical (unpaired) electrons. The van der Waals surface area contributed by atoms with Gasteiger partial charge < -0.3 is 5.32 Å². The average Bonchev–Trinajstić information content (AvgIpc) is 2.65. The van der Waals surface area contributed by atoms with E-state index in [9.17, 15) is 0 Å². The molecular weight excluding hydrogens is 324 g/mol. The lowest BCUT2D eigenvalue weighted by molar-refractivity contribution is 0.564. The van der Waals surface area contributed by atoms with Crippen LogP contribution in [-0.4, -0.2) is 16.7 Å². The maximum atomic E-state index is 6.22. The molecule has 0 unspecified atom stereocenters. The summed E-state index contributed by atoms with van der Waals surface area (Å²) in [6.07, 6.45) is 0.921. The molecule has 0 fully saturated rings. The van der Waals surface area contributed by atoms with Crippen LogP contribution < -0.4 is 5.32 Å². The van der Waals surface area contributed by atoms with E-state index in [0.29, 0.717) is 10.9 Å². The Morgan fingerprint density at radius 2 is 1.91 bits per heavy atom. The fourth-order valence-corrected chi connectivity index (χ4v) is 3.18. The van der Waals surface area contributed by atoms with Gasteiger partial charge in [0.1, 0.15) is 11.0 Å². The largest absolute Gasteiger partial charge is 0.348 e. The van der Waals surface area contributed by atoms with Crippen LogP contribution in [0.3, 0.4) is 0 Å². The highest BCUT2D eigenvalue weighted by molar-refractivity contribution is 7.80. The molecule has 118 valence electrons. The van der Waals surface area contributed by atoms with Gasteiger partial charge in [-0.25, -0.2) is 0 Å². The summed E-state index contributed by atoms with van der Waals surface area (Å²) in [6, 6.07) is 16.0. The molecule has 0 saturated heterocycles. The van der Waals surface area contributed by atoms with E-state index in [-0.39, 0.29) is 6.04 Å². The number of rotatable bonds is 3.